The Labute approximate surface area is 150 Å². The van der Waals surface area contributed by atoms with Crippen LogP contribution in [0.15, 0.2) is 47.4 Å². The van der Waals surface area contributed by atoms with Crippen molar-refractivity contribution in [2.45, 2.75) is 32.7 Å². The molecule has 1 amide bonds. The van der Waals surface area contributed by atoms with E-state index in [4.69, 9.17) is 5.73 Å². The molecule has 0 fully saturated rings. The fourth-order valence-electron chi connectivity index (χ4n) is 2.74. The van der Waals surface area contributed by atoms with Gasteiger partial charge in [0.1, 0.15) is 5.82 Å². The number of carbonyl (C=O) groups excluding carboxylic acids is 1. The second-order valence-corrected chi connectivity index (χ2v) is 6.06. The van der Waals surface area contributed by atoms with Crippen molar-refractivity contribution < 1.29 is 4.79 Å². The highest BCUT2D eigenvalue weighted by Gasteiger charge is 2.16. The fraction of sp³-hybridized carbons (Fsp3) is 0.263. The van der Waals surface area contributed by atoms with Gasteiger partial charge in [0, 0.05) is 11.9 Å². The van der Waals surface area contributed by atoms with Crippen LogP contribution >= 0.6 is 0 Å². The molecular formula is C19H21N5O2. The number of nitrogens with zero attached hydrogens (tertiary/aromatic N) is 3. The summed E-state index contributed by atoms with van der Waals surface area (Å²) in [4.78, 5) is 29.4. The van der Waals surface area contributed by atoms with E-state index in [1.54, 1.807) is 36.4 Å². The monoisotopic (exact) mass is 351 g/mol. The number of benzene rings is 1. The first-order valence-electron chi connectivity index (χ1n) is 8.63. The number of pyridine rings is 1. The molecule has 0 saturated carbocycles. The van der Waals surface area contributed by atoms with Crippen molar-refractivity contribution in [1.29, 1.82) is 0 Å². The second-order valence-electron chi connectivity index (χ2n) is 6.06. The summed E-state index contributed by atoms with van der Waals surface area (Å²) in [6.07, 6.45) is 4.36. The van der Waals surface area contributed by atoms with Crippen LogP contribution in [-0.2, 0) is 6.54 Å². The molecule has 3 N–H and O–H groups in total. The quantitative estimate of drug-likeness (QED) is 0.665. The predicted octanol–water partition coefficient (Wildman–Crippen LogP) is 2.82. The zero-order valence-corrected chi connectivity index (χ0v) is 14.6. The molecule has 3 rings (SSSR count). The maximum Gasteiger partial charge on any atom is 0.276 e. The minimum Gasteiger partial charge on any atom is -0.384 e. The first-order chi connectivity index (χ1) is 12.6. The normalized spacial score (nSPS) is 10.8. The number of rotatable bonds is 6. The SMILES string of the molecule is CCCCCn1nc(C(=O)Nc2ccc(N)nc2)c2ccccc2c1=O. The lowest BCUT2D eigenvalue weighted by Gasteiger charge is -2.11. The van der Waals surface area contributed by atoms with Crippen LogP contribution in [0.3, 0.4) is 0 Å². The van der Waals surface area contributed by atoms with Gasteiger partial charge in [-0.25, -0.2) is 9.67 Å². The van der Waals surface area contributed by atoms with Crippen LogP contribution in [0.2, 0.25) is 0 Å². The molecule has 0 unspecified atom stereocenters. The zero-order valence-electron chi connectivity index (χ0n) is 14.6. The van der Waals surface area contributed by atoms with Crippen LogP contribution in [0.4, 0.5) is 11.5 Å². The maximum absolute atomic E-state index is 12.8. The number of nitrogen functional groups attached to an aromatic ring is 1. The molecule has 0 aliphatic heterocycles. The van der Waals surface area contributed by atoms with Gasteiger partial charge in [0.25, 0.3) is 11.5 Å². The molecule has 0 aliphatic carbocycles. The van der Waals surface area contributed by atoms with Crippen molar-refractivity contribution in [2.75, 3.05) is 11.1 Å². The van der Waals surface area contributed by atoms with Gasteiger partial charge in [0.2, 0.25) is 0 Å². The van der Waals surface area contributed by atoms with E-state index < -0.39 is 5.91 Å². The lowest BCUT2D eigenvalue weighted by molar-refractivity contribution is 0.102. The lowest BCUT2D eigenvalue weighted by atomic mass is 10.1. The molecule has 7 nitrogen and oxygen atoms in total. The van der Waals surface area contributed by atoms with Crippen molar-refractivity contribution in [3.05, 3.63) is 58.6 Å². The number of amides is 1. The highest BCUT2D eigenvalue weighted by Crippen LogP contribution is 2.16. The zero-order chi connectivity index (χ0) is 18.5. The number of hydrogen-bond acceptors (Lipinski definition) is 5. The van der Waals surface area contributed by atoms with Crippen LogP contribution in [-0.4, -0.2) is 20.7 Å². The summed E-state index contributed by atoms with van der Waals surface area (Å²) in [6, 6.07) is 10.3. The summed E-state index contributed by atoms with van der Waals surface area (Å²) in [5.74, 6) is -0.0203. The Balaban J connectivity index is 2.00. The molecular weight excluding hydrogens is 330 g/mol. The third-order valence-corrected chi connectivity index (χ3v) is 4.10. The molecule has 1 aromatic carbocycles. The highest BCUT2D eigenvalue weighted by molar-refractivity contribution is 6.11. The summed E-state index contributed by atoms with van der Waals surface area (Å²) in [5.41, 5.74) is 6.11. The number of aromatic nitrogens is 3. The summed E-state index contributed by atoms with van der Waals surface area (Å²) in [7, 11) is 0. The Morgan fingerprint density at radius 3 is 2.62 bits per heavy atom. The van der Waals surface area contributed by atoms with Crippen LogP contribution in [0.25, 0.3) is 10.8 Å². The molecule has 3 aromatic rings. The topological polar surface area (TPSA) is 103 Å². The van der Waals surface area contributed by atoms with Gasteiger partial charge in [0.15, 0.2) is 5.69 Å². The molecule has 2 heterocycles. The number of nitrogens with two attached hydrogens (primary N) is 1. The van der Waals surface area contributed by atoms with Crippen molar-refractivity contribution in [2.24, 2.45) is 0 Å². The van der Waals surface area contributed by atoms with Crippen molar-refractivity contribution in [3.8, 4) is 0 Å². The first-order valence-corrected chi connectivity index (χ1v) is 8.63. The van der Waals surface area contributed by atoms with E-state index in [0.29, 0.717) is 28.8 Å². The van der Waals surface area contributed by atoms with Crippen molar-refractivity contribution >= 4 is 28.2 Å². The van der Waals surface area contributed by atoms with Gasteiger partial charge in [-0.3, -0.25) is 9.59 Å². The molecule has 0 bridgehead atoms. The molecule has 0 radical (unpaired) electrons. The third-order valence-electron chi connectivity index (χ3n) is 4.10. The smallest absolute Gasteiger partial charge is 0.276 e. The van der Waals surface area contributed by atoms with E-state index in [2.05, 4.69) is 22.3 Å². The van der Waals surface area contributed by atoms with Crippen LogP contribution in [0, 0.1) is 0 Å². The number of nitrogens with one attached hydrogen (secondary N) is 1. The van der Waals surface area contributed by atoms with E-state index in [0.717, 1.165) is 19.3 Å². The lowest BCUT2D eigenvalue weighted by Crippen LogP contribution is -2.27. The Kier molecular flexibility index (Phi) is 5.26. The highest BCUT2D eigenvalue weighted by atomic mass is 16.2. The van der Waals surface area contributed by atoms with Gasteiger partial charge in [-0.05, 0) is 24.6 Å². The minimum atomic E-state index is -0.392. The number of fused-ring (bicyclic) bond motifs is 1. The average molecular weight is 351 g/mol. The van der Waals surface area contributed by atoms with Crippen molar-refractivity contribution in [1.82, 2.24) is 14.8 Å². The summed E-state index contributed by atoms with van der Waals surface area (Å²) in [5, 5.41) is 8.11. The van der Waals surface area contributed by atoms with E-state index >= 15 is 0 Å². The largest absolute Gasteiger partial charge is 0.384 e. The van der Waals surface area contributed by atoms with Gasteiger partial charge in [0.05, 0.1) is 17.3 Å². The maximum atomic E-state index is 12.8. The molecule has 0 saturated heterocycles. The van der Waals surface area contributed by atoms with Gasteiger partial charge >= 0.3 is 0 Å². The second kappa shape index (κ2) is 7.77. The van der Waals surface area contributed by atoms with Gasteiger partial charge in [-0.1, -0.05) is 38.0 Å². The summed E-state index contributed by atoms with van der Waals surface area (Å²) < 4.78 is 1.38. The van der Waals surface area contributed by atoms with Gasteiger partial charge in [-0.15, -0.1) is 0 Å². The molecule has 134 valence electrons. The molecule has 7 heteroatoms. The Bertz CT molecular complexity index is 979. The number of unbranched alkanes of at least 4 members (excludes halogenated alkanes) is 2. The molecule has 26 heavy (non-hydrogen) atoms. The van der Waals surface area contributed by atoms with Crippen molar-refractivity contribution in [3.63, 3.8) is 0 Å². The van der Waals surface area contributed by atoms with E-state index in [1.165, 1.54) is 10.9 Å². The Morgan fingerprint density at radius 1 is 1.15 bits per heavy atom. The number of hydrogen-bond donors (Lipinski definition) is 2. The van der Waals surface area contributed by atoms with E-state index in [1.807, 2.05) is 0 Å². The number of carbonyl (C=O) groups is 1. The summed E-state index contributed by atoms with van der Waals surface area (Å²) in [6.45, 7) is 2.58. The number of anilines is 2. The van der Waals surface area contributed by atoms with Crippen LogP contribution in [0.5, 0.6) is 0 Å². The Hall–Kier alpha value is -3.22. The van der Waals surface area contributed by atoms with Crippen LogP contribution in [0.1, 0.15) is 36.7 Å². The molecule has 0 atom stereocenters. The Morgan fingerprint density at radius 2 is 1.92 bits per heavy atom. The van der Waals surface area contributed by atoms with E-state index in [-0.39, 0.29) is 11.3 Å². The van der Waals surface area contributed by atoms with E-state index in [9.17, 15) is 9.59 Å². The average Bonchev–Trinajstić information content (AvgIpc) is 2.65. The number of aryl methyl sites for hydroxylation is 1. The van der Waals surface area contributed by atoms with Gasteiger partial charge < -0.3 is 11.1 Å². The summed E-state index contributed by atoms with van der Waals surface area (Å²) >= 11 is 0. The minimum absolute atomic E-state index is 0.178. The fourth-order valence-corrected chi connectivity index (χ4v) is 2.74. The van der Waals surface area contributed by atoms with Gasteiger partial charge in [-0.2, -0.15) is 5.10 Å². The molecule has 2 aromatic heterocycles. The third kappa shape index (κ3) is 3.72. The van der Waals surface area contributed by atoms with Crippen LogP contribution < -0.4 is 16.6 Å². The first kappa shape index (κ1) is 17.6. The predicted molar refractivity (Wildman–Crippen MR) is 102 cm³/mol. The molecule has 0 spiro atoms. The molecule has 0 aliphatic rings. The standard InChI is InChI=1S/C19H21N5O2/c1-2-3-6-11-24-19(26)15-8-5-4-7-14(15)17(23-24)18(25)22-13-9-10-16(20)21-12-13/h4-5,7-10,12H,2-3,6,11H2,1H3,(H2,20,21)(H,22,25).